The number of carbonyl (C=O) groups is 1. The molecule has 4 aromatic rings. The van der Waals surface area contributed by atoms with E-state index >= 15 is 0 Å². The van der Waals surface area contributed by atoms with Crippen LogP contribution < -0.4 is 25.6 Å². The molecule has 0 bridgehead atoms. The molecule has 0 saturated carbocycles. The van der Waals surface area contributed by atoms with Gasteiger partial charge in [-0.2, -0.15) is 0 Å². The van der Waals surface area contributed by atoms with Gasteiger partial charge in [-0.1, -0.05) is 42.5 Å². The molecule has 0 fully saturated rings. The summed E-state index contributed by atoms with van der Waals surface area (Å²) in [5.41, 5.74) is 2.40. The summed E-state index contributed by atoms with van der Waals surface area (Å²) in [6.07, 6.45) is 3.52. The minimum absolute atomic E-state index is 0.0195. The molecule has 1 unspecified atom stereocenters. The molecular weight excluding hydrogens is 464 g/mol. The molecular formula is C30H34N4O3. The second-order valence-electron chi connectivity index (χ2n) is 9.16. The quantitative estimate of drug-likeness (QED) is 0.215. The summed E-state index contributed by atoms with van der Waals surface area (Å²) in [6.45, 7) is 8.25. The molecule has 1 heterocycles. The molecule has 4 rings (SSSR count). The third-order valence-corrected chi connectivity index (χ3v) is 6.05. The van der Waals surface area contributed by atoms with Gasteiger partial charge in [-0.3, -0.25) is 14.8 Å². The maximum Gasteiger partial charge on any atom is 0.249 e. The van der Waals surface area contributed by atoms with Gasteiger partial charge in [0.2, 0.25) is 5.91 Å². The summed E-state index contributed by atoms with van der Waals surface area (Å²) < 4.78 is 11.8. The van der Waals surface area contributed by atoms with Crippen LogP contribution in [0.3, 0.4) is 0 Å². The van der Waals surface area contributed by atoms with Gasteiger partial charge in [0.05, 0.1) is 24.4 Å². The highest BCUT2D eigenvalue weighted by Gasteiger charge is 2.29. The van der Waals surface area contributed by atoms with Crippen LogP contribution in [-0.4, -0.2) is 23.6 Å². The number of anilines is 1. The highest BCUT2D eigenvalue weighted by Crippen LogP contribution is 2.35. The lowest BCUT2D eigenvalue weighted by molar-refractivity contribution is -0.123. The van der Waals surface area contributed by atoms with Gasteiger partial charge in [0.15, 0.2) is 11.5 Å². The third-order valence-electron chi connectivity index (χ3n) is 6.05. The molecule has 3 N–H and O–H groups in total. The molecule has 0 saturated heterocycles. The number of hydrazine groups is 1. The molecule has 0 aliphatic rings. The number of ether oxygens (including phenoxy) is 2. The maximum atomic E-state index is 13.8. The smallest absolute Gasteiger partial charge is 0.249 e. The number of nitrogens with zero attached hydrogens (tertiary/aromatic N) is 2. The fourth-order valence-electron chi connectivity index (χ4n) is 4.25. The average Bonchev–Trinajstić information content (AvgIpc) is 2.90. The van der Waals surface area contributed by atoms with Gasteiger partial charge >= 0.3 is 0 Å². The Morgan fingerprint density at radius 1 is 0.946 bits per heavy atom. The molecule has 0 aliphatic carbocycles. The Kier molecular flexibility index (Phi) is 8.25. The maximum absolute atomic E-state index is 13.8. The van der Waals surface area contributed by atoms with E-state index in [0.717, 1.165) is 16.3 Å². The fourth-order valence-corrected chi connectivity index (χ4v) is 4.25. The number of hydrogen-bond acceptors (Lipinski definition) is 6. The predicted octanol–water partition coefficient (Wildman–Crippen LogP) is 5.72. The van der Waals surface area contributed by atoms with Gasteiger partial charge in [0.25, 0.3) is 0 Å². The average molecular weight is 499 g/mol. The van der Waals surface area contributed by atoms with Crippen molar-refractivity contribution in [2.24, 2.45) is 5.84 Å². The lowest BCUT2D eigenvalue weighted by Gasteiger charge is -2.30. The topological polar surface area (TPSA) is 89.7 Å². The van der Waals surface area contributed by atoms with Crippen molar-refractivity contribution >= 4 is 22.4 Å². The number of rotatable bonds is 10. The van der Waals surface area contributed by atoms with Crippen LogP contribution in [0.4, 0.5) is 5.69 Å². The number of nitrogens with one attached hydrogen (secondary N) is 1. The van der Waals surface area contributed by atoms with Crippen LogP contribution >= 0.6 is 0 Å². The van der Waals surface area contributed by atoms with Gasteiger partial charge in [0, 0.05) is 17.8 Å². The largest absolute Gasteiger partial charge is 0.490 e. The Morgan fingerprint density at radius 2 is 1.73 bits per heavy atom. The molecule has 0 aliphatic heterocycles. The second kappa shape index (κ2) is 11.8. The monoisotopic (exact) mass is 498 g/mol. The van der Waals surface area contributed by atoms with Crippen molar-refractivity contribution in [1.82, 2.24) is 10.3 Å². The number of amides is 1. The van der Waals surface area contributed by atoms with E-state index in [1.807, 2.05) is 100 Å². The zero-order valence-corrected chi connectivity index (χ0v) is 21.7. The molecule has 0 radical (unpaired) electrons. The highest BCUT2D eigenvalue weighted by molar-refractivity contribution is 5.89. The summed E-state index contributed by atoms with van der Waals surface area (Å²) in [6, 6.07) is 22.1. The third kappa shape index (κ3) is 6.19. The lowest BCUT2D eigenvalue weighted by Crippen LogP contribution is -2.45. The molecule has 1 amide bonds. The first-order valence-corrected chi connectivity index (χ1v) is 12.5. The van der Waals surface area contributed by atoms with Gasteiger partial charge in [-0.15, -0.1) is 0 Å². The number of pyridine rings is 1. The minimum Gasteiger partial charge on any atom is -0.490 e. The summed E-state index contributed by atoms with van der Waals surface area (Å²) in [5.74, 6) is 7.67. The highest BCUT2D eigenvalue weighted by atomic mass is 16.5. The molecule has 37 heavy (non-hydrogen) atoms. The van der Waals surface area contributed by atoms with Crippen LogP contribution in [0.1, 0.15) is 50.9 Å². The molecule has 2 atom stereocenters. The number of hydrogen-bond donors (Lipinski definition) is 2. The van der Waals surface area contributed by atoms with E-state index in [0.29, 0.717) is 29.4 Å². The normalized spacial score (nSPS) is 12.7. The zero-order valence-electron chi connectivity index (χ0n) is 21.7. The first-order valence-electron chi connectivity index (χ1n) is 12.5. The van der Waals surface area contributed by atoms with Crippen LogP contribution in [0.2, 0.25) is 0 Å². The summed E-state index contributed by atoms with van der Waals surface area (Å²) >= 11 is 0. The van der Waals surface area contributed by atoms with Crippen LogP contribution in [0.5, 0.6) is 11.5 Å². The number of benzene rings is 3. The van der Waals surface area contributed by atoms with Crippen LogP contribution in [0.25, 0.3) is 10.8 Å². The van der Waals surface area contributed by atoms with Gasteiger partial charge in [0.1, 0.15) is 6.04 Å². The zero-order chi connectivity index (χ0) is 26.4. The molecule has 192 valence electrons. The Morgan fingerprint density at radius 3 is 2.46 bits per heavy atom. The fraction of sp³-hybridized carbons (Fsp3) is 0.267. The molecule has 0 spiro atoms. The Balaban J connectivity index is 1.73. The molecule has 7 nitrogen and oxygen atoms in total. The molecule has 1 aromatic heterocycles. The molecule has 3 aromatic carbocycles. The van der Waals surface area contributed by atoms with E-state index in [9.17, 15) is 4.79 Å². The Hall–Kier alpha value is -4.10. The first kappa shape index (κ1) is 26.0. The SMILES string of the molecule is CCOc1cc(C(C(=O)N[C@H](C)c2ccccc2)N(N)c2ccc3cnccc3c2)ccc1OC(C)C. The van der Waals surface area contributed by atoms with Crippen molar-refractivity contribution in [2.75, 3.05) is 11.6 Å². The van der Waals surface area contributed by atoms with Gasteiger partial charge < -0.3 is 14.8 Å². The minimum atomic E-state index is -0.822. The van der Waals surface area contributed by atoms with E-state index in [-0.39, 0.29) is 18.1 Å². The number of fused-ring (bicyclic) bond motifs is 1. The van der Waals surface area contributed by atoms with E-state index in [4.69, 9.17) is 15.3 Å². The van der Waals surface area contributed by atoms with Crippen LogP contribution in [-0.2, 0) is 4.79 Å². The van der Waals surface area contributed by atoms with Crippen molar-refractivity contribution in [3.05, 3.63) is 96.3 Å². The van der Waals surface area contributed by atoms with Crippen molar-refractivity contribution in [1.29, 1.82) is 0 Å². The Labute approximate surface area is 218 Å². The summed E-state index contributed by atoms with van der Waals surface area (Å²) in [4.78, 5) is 18.0. The summed E-state index contributed by atoms with van der Waals surface area (Å²) in [5, 5.41) is 6.61. The number of carbonyl (C=O) groups excluding carboxylic acids is 1. The number of nitrogens with two attached hydrogens (primary N) is 1. The van der Waals surface area contributed by atoms with E-state index in [1.54, 1.807) is 12.4 Å². The Bertz CT molecular complexity index is 1340. The molecule has 7 heteroatoms. The standard InChI is InChI=1S/C30H34N4O3/c1-5-36-28-18-24(12-14-27(28)37-20(2)3)29(30(35)33-21(4)22-9-7-6-8-10-22)34(31)26-13-11-25-19-32-16-15-23(25)17-26/h6-21,29H,5,31H2,1-4H3,(H,33,35)/t21-,29?/m1/s1. The van der Waals surface area contributed by atoms with Crippen LogP contribution in [0.15, 0.2) is 85.2 Å². The van der Waals surface area contributed by atoms with Gasteiger partial charge in [-0.05, 0) is 74.5 Å². The number of aromatic nitrogens is 1. The van der Waals surface area contributed by atoms with Crippen molar-refractivity contribution in [2.45, 2.75) is 45.9 Å². The van der Waals surface area contributed by atoms with Gasteiger partial charge in [-0.25, -0.2) is 5.84 Å². The van der Waals surface area contributed by atoms with E-state index < -0.39 is 6.04 Å². The summed E-state index contributed by atoms with van der Waals surface area (Å²) in [7, 11) is 0. The lowest BCUT2D eigenvalue weighted by atomic mass is 10.0. The second-order valence-corrected chi connectivity index (χ2v) is 9.16. The van der Waals surface area contributed by atoms with E-state index in [2.05, 4.69) is 10.3 Å². The first-order chi connectivity index (χ1) is 17.9. The van der Waals surface area contributed by atoms with Crippen molar-refractivity contribution in [3.63, 3.8) is 0 Å². The van der Waals surface area contributed by atoms with Crippen LogP contribution in [0, 0.1) is 0 Å². The van der Waals surface area contributed by atoms with Crippen molar-refractivity contribution < 1.29 is 14.3 Å². The van der Waals surface area contributed by atoms with Crippen molar-refractivity contribution in [3.8, 4) is 11.5 Å². The predicted molar refractivity (Wildman–Crippen MR) is 148 cm³/mol. The van der Waals surface area contributed by atoms with E-state index in [1.165, 1.54) is 5.01 Å².